The fraction of sp³-hybridized carbons (Fsp3) is 0.400. The van der Waals surface area contributed by atoms with Gasteiger partial charge in [-0.2, -0.15) is 0 Å². The van der Waals surface area contributed by atoms with Crippen molar-refractivity contribution >= 4 is 31.1 Å². The first-order valence-corrected chi connectivity index (χ1v) is 10.2. The van der Waals surface area contributed by atoms with Crippen LogP contribution in [-0.2, 0) is 9.05 Å². The van der Waals surface area contributed by atoms with Gasteiger partial charge in [-0.3, -0.25) is 0 Å². The third kappa shape index (κ3) is 4.44. The summed E-state index contributed by atoms with van der Waals surface area (Å²) in [5.41, 5.74) is 1.25. The van der Waals surface area contributed by atoms with E-state index in [4.69, 9.17) is 15.4 Å². The number of ether oxygens (including phenoxy) is 1. The van der Waals surface area contributed by atoms with Gasteiger partial charge in [-0.15, -0.1) is 11.3 Å². The van der Waals surface area contributed by atoms with E-state index in [1.807, 2.05) is 24.3 Å². The molecule has 0 aliphatic heterocycles. The van der Waals surface area contributed by atoms with Crippen molar-refractivity contribution in [2.24, 2.45) is 0 Å². The highest BCUT2D eigenvalue weighted by Crippen LogP contribution is 2.34. The smallest absolute Gasteiger partial charge is 0.272 e. The maximum Gasteiger partial charge on any atom is 0.272 e. The predicted octanol–water partition coefficient (Wildman–Crippen LogP) is 4.62. The van der Waals surface area contributed by atoms with E-state index in [0.717, 1.165) is 41.9 Å². The lowest BCUT2D eigenvalue weighted by atomic mass is 10.2. The molecule has 0 radical (unpaired) electrons. The first-order valence-electron chi connectivity index (χ1n) is 7.07. The molecule has 2 aromatic rings. The van der Waals surface area contributed by atoms with E-state index in [1.165, 1.54) is 0 Å². The maximum absolute atomic E-state index is 11.5. The number of halogens is 1. The summed E-state index contributed by atoms with van der Waals surface area (Å²) in [6.07, 6.45) is 3.31. The SMILES string of the molecule is CCCCCOc1cccc(-c2nc(C)c(S(=O)(=O)Cl)s2)c1. The van der Waals surface area contributed by atoms with E-state index < -0.39 is 9.05 Å². The Labute approximate surface area is 139 Å². The molecule has 0 amide bonds. The summed E-state index contributed by atoms with van der Waals surface area (Å²) in [7, 11) is 1.66. The number of hydrogen-bond donors (Lipinski definition) is 0. The van der Waals surface area contributed by atoms with Crippen molar-refractivity contribution in [2.45, 2.75) is 37.3 Å². The number of aryl methyl sites for hydroxylation is 1. The second kappa shape index (κ2) is 7.44. The average Bonchev–Trinajstić information content (AvgIpc) is 2.86. The third-order valence-electron chi connectivity index (χ3n) is 3.07. The number of nitrogens with zero attached hydrogens (tertiary/aromatic N) is 1. The molecule has 7 heteroatoms. The van der Waals surface area contributed by atoms with Crippen molar-refractivity contribution in [3.05, 3.63) is 30.0 Å². The lowest BCUT2D eigenvalue weighted by Gasteiger charge is -2.06. The molecule has 2 rings (SSSR count). The van der Waals surface area contributed by atoms with Crippen molar-refractivity contribution in [3.8, 4) is 16.3 Å². The van der Waals surface area contributed by atoms with Gasteiger partial charge < -0.3 is 4.74 Å². The fourth-order valence-electron chi connectivity index (χ4n) is 1.99. The molecule has 22 heavy (non-hydrogen) atoms. The van der Waals surface area contributed by atoms with Crippen molar-refractivity contribution in [2.75, 3.05) is 6.61 Å². The van der Waals surface area contributed by atoms with E-state index in [9.17, 15) is 8.42 Å². The van der Waals surface area contributed by atoms with Crippen molar-refractivity contribution in [1.29, 1.82) is 0 Å². The first kappa shape index (κ1) is 17.2. The first-order chi connectivity index (χ1) is 10.4. The summed E-state index contributed by atoms with van der Waals surface area (Å²) in [6, 6.07) is 7.50. The molecule has 1 heterocycles. The van der Waals surface area contributed by atoms with Gasteiger partial charge in [-0.25, -0.2) is 13.4 Å². The predicted molar refractivity (Wildman–Crippen MR) is 90.3 cm³/mol. The van der Waals surface area contributed by atoms with Crippen molar-refractivity contribution < 1.29 is 13.2 Å². The Morgan fingerprint density at radius 2 is 2.09 bits per heavy atom. The second-order valence-corrected chi connectivity index (χ2v) is 8.67. The van der Waals surface area contributed by atoms with Crippen LogP contribution in [0.2, 0.25) is 0 Å². The lowest BCUT2D eigenvalue weighted by molar-refractivity contribution is 0.306. The van der Waals surface area contributed by atoms with Crippen LogP contribution in [0.25, 0.3) is 10.6 Å². The molecule has 1 aromatic heterocycles. The van der Waals surface area contributed by atoms with Crippen molar-refractivity contribution in [1.82, 2.24) is 4.98 Å². The highest BCUT2D eigenvalue weighted by atomic mass is 35.7. The molecule has 0 saturated heterocycles. The van der Waals surface area contributed by atoms with Gasteiger partial charge in [0.15, 0.2) is 4.21 Å². The Morgan fingerprint density at radius 1 is 1.32 bits per heavy atom. The Kier molecular flexibility index (Phi) is 5.83. The molecule has 120 valence electrons. The van der Waals surface area contributed by atoms with Crippen LogP contribution in [0.1, 0.15) is 31.9 Å². The molecule has 0 bridgehead atoms. The van der Waals surface area contributed by atoms with Crippen LogP contribution in [0.4, 0.5) is 0 Å². The quantitative estimate of drug-likeness (QED) is 0.534. The normalized spacial score (nSPS) is 11.6. The Bertz CT molecular complexity index is 741. The number of aromatic nitrogens is 1. The molecular weight excluding hydrogens is 342 g/mol. The van der Waals surface area contributed by atoms with Gasteiger partial charge in [0.1, 0.15) is 10.8 Å². The van der Waals surface area contributed by atoms with Gasteiger partial charge >= 0.3 is 0 Å². The van der Waals surface area contributed by atoms with Crippen LogP contribution in [0, 0.1) is 6.92 Å². The summed E-state index contributed by atoms with van der Waals surface area (Å²) < 4.78 is 28.8. The number of unbranched alkanes of at least 4 members (excludes halogenated alkanes) is 2. The molecule has 0 unspecified atom stereocenters. The topological polar surface area (TPSA) is 56.3 Å². The van der Waals surface area contributed by atoms with E-state index in [2.05, 4.69) is 11.9 Å². The minimum absolute atomic E-state index is 0.0958. The zero-order valence-corrected chi connectivity index (χ0v) is 14.9. The second-order valence-electron chi connectivity index (χ2n) is 4.91. The standard InChI is InChI=1S/C15H18ClNO3S2/c1-3-4-5-9-20-13-8-6-7-12(10-13)14-17-11(2)15(21-14)22(16,18)19/h6-8,10H,3-5,9H2,1-2H3. The molecular formula is C15H18ClNO3S2. The number of hydrogen-bond acceptors (Lipinski definition) is 5. The van der Waals surface area contributed by atoms with Gasteiger partial charge in [-0.1, -0.05) is 31.9 Å². The van der Waals surface area contributed by atoms with Crippen LogP contribution in [0.3, 0.4) is 0 Å². The Hall–Kier alpha value is -1.11. The summed E-state index contributed by atoms with van der Waals surface area (Å²) >= 11 is 1.07. The average molecular weight is 360 g/mol. The number of benzene rings is 1. The monoisotopic (exact) mass is 359 g/mol. The van der Waals surface area contributed by atoms with Crippen LogP contribution >= 0.6 is 22.0 Å². The maximum atomic E-state index is 11.5. The van der Waals surface area contributed by atoms with Crippen LogP contribution in [0.5, 0.6) is 5.75 Å². The highest BCUT2D eigenvalue weighted by Gasteiger charge is 2.20. The minimum atomic E-state index is -3.75. The molecule has 0 spiro atoms. The summed E-state index contributed by atoms with van der Waals surface area (Å²) in [6.45, 7) is 4.46. The van der Waals surface area contributed by atoms with Crippen LogP contribution in [0.15, 0.2) is 28.5 Å². The summed E-state index contributed by atoms with van der Waals surface area (Å²) in [5, 5.41) is 0.621. The summed E-state index contributed by atoms with van der Waals surface area (Å²) in [5.74, 6) is 0.761. The van der Waals surface area contributed by atoms with Gasteiger partial charge in [0, 0.05) is 16.2 Å². The fourth-order valence-corrected chi connectivity index (χ4v) is 4.44. The Balaban J connectivity index is 2.19. The molecule has 0 N–H and O–H groups in total. The van der Waals surface area contributed by atoms with Gasteiger partial charge in [-0.05, 0) is 25.5 Å². The van der Waals surface area contributed by atoms with Gasteiger partial charge in [0.05, 0.1) is 12.3 Å². The molecule has 0 aliphatic carbocycles. The zero-order valence-electron chi connectivity index (χ0n) is 12.5. The van der Waals surface area contributed by atoms with Crippen LogP contribution < -0.4 is 4.74 Å². The molecule has 0 atom stereocenters. The molecule has 0 fully saturated rings. The zero-order chi connectivity index (χ0) is 16.2. The molecule has 0 aliphatic rings. The van der Waals surface area contributed by atoms with E-state index >= 15 is 0 Å². The third-order valence-corrected chi connectivity index (χ3v) is 6.46. The molecule has 0 saturated carbocycles. The lowest BCUT2D eigenvalue weighted by Crippen LogP contribution is -1.96. The highest BCUT2D eigenvalue weighted by molar-refractivity contribution is 8.15. The van der Waals surface area contributed by atoms with Crippen LogP contribution in [-0.4, -0.2) is 20.0 Å². The number of rotatable bonds is 7. The molecule has 1 aromatic carbocycles. The van der Waals surface area contributed by atoms with E-state index in [-0.39, 0.29) is 4.21 Å². The van der Waals surface area contributed by atoms with Crippen molar-refractivity contribution in [3.63, 3.8) is 0 Å². The number of thiazole rings is 1. The molecule has 4 nitrogen and oxygen atoms in total. The minimum Gasteiger partial charge on any atom is -0.494 e. The largest absolute Gasteiger partial charge is 0.494 e. The van der Waals surface area contributed by atoms with E-state index in [0.29, 0.717) is 17.3 Å². The van der Waals surface area contributed by atoms with E-state index in [1.54, 1.807) is 6.92 Å². The Morgan fingerprint density at radius 3 is 2.73 bits per heavy atom. The van der Waals surface area contributed by atoms with Gasteiger partial charge in [0.25, 0.3) is 9.05 Å². The van der Waals surface area contributed by atoms with Gasteiger partial charge in [0.2, 0.25) is 0 Å². The summed E-state index contributed by atoms with van der Waals surface area (Å²) in [4.78, 5) is 4.30.